The molecule has 1 N–H and O–H groups in total. The minimum absolute atomic E-state index is 0.171. The lowest BCUT2D eigenvalue weighted by Crippen LogP contribution is -2.15. The molecule has 2 rings (SSSR count). The molecular formula is C17H17F2NO. The highest BCUT2D eigenvalue weighted by atomic mass is 19.1. The van der Waals surface area contributed by atoms with Gasteiger partial charge in [0, 0.05) is 11.8 Å². The zero-order chi connectivity index (χ0) is 15.4. The molecule has 1 unspecified atom stereocenters. The van der Waals surface area contributed by atoms with Crippen molar-refractivity contribution < 1.29 is 13.6 Å². The smallest absolute Gasteiger partial charge is 0.258 e. The number of nitrogens with one attached hydrogen (secondary N) is 1. The topological polar surface area (TPSA) is 29.1 Å². The first kappa shape index (κ1) is 15.2. The van der Waals surface area contributed by atoms with E-state index in [9.17, 15) is 13.6 Å². The van der Waals surface area contributed by atoms with Crippen molar-refractivity contribution in [2.75, 3.05) is 5.32 Å². The molecule has 21 heavy (non-hydrogen) atoms. The van der Waals surface area contributed by atoms with Gasteiger partial charge in [-0.3, -0.25) is 4.79 Å². The van der Waals surface area contributed by atoms with Crippen LogP contribution in [0.15, 0.2) is 42.5 Å². The number of carbonyl (C=O) groups excluding carboxylic acids is 1. The van der Waals surface area contributed by atoms with Crippen LogP contribution in [-0.4, -0.2) is 5.91 Å². The Kier molecular flexibility index (Phi) is 4.68. The van der Waals surface area contributed by atoms with Crippen molar-refractivity contribution in [3.05, 3.63) is 65.2 Å². The molecule has 2 aromatic carbocycles. The van der Waals surface area contributed by atoms with E-state index in [2.05, 4.69) is 19.2 Å². The van der Waals surface area contributed by atoms with Crippen molar-refractivity contribution in [2.24, 2.45) is 0 Å². The minimum Gasteiger partial charge on any atom is -0.322 e. The largest absolute Gasteiger partial charge is 0.322 e. The van der Waals surface area contributed by atoms with Gasteiger partial charge in [0.15, 0.2) is 0 Å². The normalized spacial score (nSPS) is 12.0. The van der Waals surface area contributed by atoms with E-state index >= 15 is 0 Å². The molecule has 0 aromatic heterocycles. The Morgan fingerprint density at radius 2 is 1.90 bits per heavy atom. The summed E-state index contributed by atoms with van der Waals surface area (Å²) in [5.41, 5.74) is 1.48. The van der Waals surface area contributed by atoms with Gasteiger partial charge in [-0.25, -0.2) is 8.78 Å². The first-order chi connectivity index (χ1) is 10.0. The average molecular weight is 289 g/mol. The zero-order valence-corrected chi connectivity index (χ0v) is 12.0. The van der Waals surface area contributed by atoms with Gasteiger partial charge in [0.2, 0.25) is 0 Å². The van der Waals surface area contributed by atoms with Crippen LogP contribution in [0, 0.1) is 11.6 Å². The van der Waals surface area contributed by atoms with Crippen LogP contribution in [0.1, 0.15) is 42.1 Å². The van der Waals surface area contributed by atoms with Gasteiger partial charge < -0.3 is 5.32 Å². The van der Waals surface area contributed by atoms with Crippen LogP contribution in [-0.2, 0) is 0 Å². The number of carbonyl (C=O) groups is 1. The van der Waals surface area contributed by atoms with E-state index in [1.807, 2.05) is 18.2 Å². The second-order valence-electron chi connectivity index (χ2n) is 4.97. The predicted molar refractivity (Wildman–Crippen MR) is 79.5 cm³/mol. The molecule has 0 saturated heterocycles. The molecule has 0 radical (unpaired) electrons. The fourth-order valence-corrected chi connectivity index (χ4v) is 2.12. The van der Waals surface area contributed by atoms with Crippen molar-refractivity contribution in [3.63, 3.8) is 0 Å². The molecule has 0 spiro atoms. The van der Waals surface area contributed by atoms with Crippen LogP contribution in [0.4, 0.5) is 14.5 Å². The van der Waals surface area contributed by atoms with Gasteiger partial charge in [-0.15, -0.1) is 0 Å². The summed E-state index contributed by atoms with van der Waals surface area (Å²) >= 11 is 0. The summed E-state index contributed by atoms with van der Waals surface area (Å²) in [6.07, 6.45) is 0.928. The number of hydrogen-bond acceptors (Lipinski definition) is 1. The van der Waals surface area contributed by atoms with Gasteiger partial charge >= 0.3 is 0 Å². The number of rotatable bonds is 4. The Morgan fingerprint density at radius 1 is 1.19 bits per heavy atom. The van der Waals surface area contributed by atoms with Gasteiger partial charge in [-0.1, -0.05) is 32.0 Å². The lowest BCUT2D eigenvalue weighted by molar-refractivity contribution is 0.102. The van der Waals surface area contributed by atoms with Crippen LogP contribution in [0.25, 0.3) is 0 Å². The van der Waals surface area contributed by atoms with E-state index in [4.69, 9.17) is 0 Å². The van der Waals surface area contributed by atoms with Crippen LogP contribution < -0.4 is 5.32 Å². The molecule has 0 aliphatic carbocycles. The number of para-hydroxylation sites is 1. The van der Waals surface area contributed by atoms with E-state index in [1.165, 1.54) is 0 Å². The van der Waals surface area contributed by atoms with Crippen molar-refractivity contribution in [1.29, 1.82) is 0 Å². The first-order valence-corrected chi connectivity index (χ1v) is 6.88. The molecule has 2 nitrogen and oxygen atoms in total. The summed E-state index contributed by atoms with van der Waals surface area (Å²) in [6.45, 7) is 4.12. The third kappa shape index (κ3) is 3.45. The summed E-state index contributed by atoms with van der Waals surface area (Å²) < 4.78 is 26.5. The summed E-state index contributed by atoms with van der Waals surface area (Å²) in [5.74, 6) is -1.87. The van der Waals surface area contributed by atoms with Gasteiger partial charge in [0.1, 0.15) is 11.6 Å². The monoisotopic (exact) mass is 289 g/mol. The maximum atomic E-state index is 13.6. The molecule has 0 heterocycles. The van der Waals surface area contributed by atoms with E-state index in [1.54, 1.807) is 6.07 Å². The number of hydrogen-bond donors (Lipinski definition) is 1. The van der Waals surface area contributed by atoms with Gasteiger partial charge in [-0.05, 0) is 36.1 Å². The Morgan fingerprint density at radius 3 is 2.57 bits per heavy atom. The Bertz CT molecular complexity index is 655. The SMILES string of the molecule is CCC(C)c1ccccc1NC(=O)c1ccc(F)cc1F. The summed E-state index contributed by atoms with van der Waals surface area (Å²) in [4.78, 5) is 12.1. The number of amides is 1. The van der Waals surface area contributed by atoms with Gasteiger partial charge in [-0.2, -0.15) is 0 Å². The van der Waals surface area contributed by atoms with Crippen LogP contribution in [0.3, 0.4) is 0 Å². The maximum absolute atomic E-state index is 13.6. The standard InChI is InChI=1S/C17H17F2NO/c1-3-11(2)13-6-4-5-7-16(13)20-17(21)14-9-8-12(18)10-15(14)19/h4-11H,3H2,1-2H3,(H,20,21). The second-order valence-corrected chi connectivity index (χ2v) is 4.97. The lowest BCUT2D eigenvalue weighted by atomic mass is 9.97. The minimum atomic E-state index is -0.867. The Labute approximate surface area is 122 Å². The summed E-state index contributed by atoms with van der Waals surface area (Å²) in [5, 5.41) is 2.70. The summed E-state index contributed by atoms with van der Waals surface area (Å²) in [6, 6.07) is 10.3. The van der Waals surface area contributed by atoms with Crippen molar-refractivity contribution in [2.45, 2.75) is 26.2 Å². The molecule has 1 atom stereocenters. The average Bonchev–Trinajstić information content (AvgIpc) is 2.46. The van der Waals surface area contributed by atoms with Crippen molar-refractivity contribution >= 4 is 11.6 Å². The van der Waals surface area contributed by atoms with E-state index in [0.29, 0.717) is 11.8 Å². The predicted octanol–water partition coefficient (Wildman–Crippen LogP) is 4.73. The number of benzene rings is 2. The Hall–Kier alpha value is -2.23. The molecule has 1 amide bonds. The van der Waals surface area contributed by atoms with Crippen LogP contribution >= 0.6 is 0 Å². The molecule has 110 valence electrons. The molecule has 0 aliphatic heterocycles. The molecule has 0 fully saturated rings. The molecule has 0 saturated carbocycles. The van der Waals surface area contributed by atoms with Crippen LogP contribution in [0.2, 0.25) is 0 Å². The van der Waals surface area contributed by atoms with Gasteiger partial charge in [0.05, 0.1) is 5.56 Å². The van der Waals surface area contributed by atoms with Gasteiger partial charge in [0.25, 0.3) is 5.91 Å². The molecule has 2 aromatic rings. The lowest BCUT2D eigenvalue weighted by Gasteiger charge is -2.15. The molecule has 0 bridgehead atoms. The second kappa shape index (κ2) is 6.48. The maximum Gasteiger partial charge on any atom is 0.258 e. The quantitative estimate of drug-likeness (QED) is 0.866. The first-order valence-electron chi connectivity index (χ1n) is 6.88. The molecule has 4 heteroatoms. The molecule has 0 aliphatic rings. The number of anilines is 1. The summed E-state index contributed by atoms with van der Waals surface area (Å²) in [7, 11) is 0. The highest BCUT2D eigenvalue weighted by Gasteiger charge is 2.15. The highest BCUT2D eigenvalue weighted by molar-refractivity contribution is 6.04. The molecular weight excluding hydrogens is 272 g/mol. The third-order valence-corrected chi connectivity index (χ3v) is 3.53. The fraction of sp³-hybridized carbons (Fsp3) is 0.235. The zero-order valence-electron chi connectivity index (χ0n) is 12.0. The number of halogens is 2. The van der Waals surface area contributed by atoms with Crippen LogP contribution in [0.5, 0.6) is 0 Å². The third-order valence-electron chi connectivity index (χ3n) is 3.53. The van der Waals surface area contributed by atoms with E-state index in [-0.39, 0.29) is 11.5 Å². The van der Waals surface area contributed by atoms with Crippen molar-refractivity contribution in [3.8, 4) is 0 Å². The highest BCUT2D eigenvalue weighted by Crippen LogP contribution is 2.27. The fourth-order valence-electron chi connectivity index (χ4n) is 2.12. The van der Waals surface area contributed by atoms with Crippen molar-refractivity contribution in [1.82, 2.24) is 0 Å². The van der Waals surface area contributed by atoms with E-state index < -0.39 is 17.5 Å². The van der Waals surface area contributed by atoms with E-state index in [0.717, 1.165) is 24.1 Å². The Balaban J connectivity index is 2.28.